The van der Waals surface area contributed by atoms with Gasteiger partial charge in [-0.1, -0.05) is 29.3 Å². The number of phenols is 1. The first-order valence-electron chi connectivity index (χ1n) is 15.9. The van der Waals surface area contributed by atoms with E-state index in [2.05, 4.69) is 0 Å². The highest BCUT2D eigenvalue weighted by Crippen LogP contribution is 2.64. The zero-order valence-corrected chi connectivity index (χ0v) is 28.6. The molecule has 12 heteroatoms. The van der Waals surface area contributed by atoms with Gasteiger partial charge in [0.15, 0.2) is 11.5 Å². The van der Waals surface area contributed by atoms with Gasteiger partial charge in [-0.15, -0.1) is 11.3 Å². The number of phenolic OH excluding ortho intramolecular Hbond substituents is 1. The molecule has 6 atom stereocenters. The first-order valence-corrected chi connectivity index (χ1v) is 17.1. The van der Waals surface area contributed by atoms with Crippen LogP contribution in [0.3, 0.4) is 0 Å². The molecule has 0 bridgehead atoms. The summed E-state index contributed by atoms with van der Waals surface area (Å²) in [5, 5.41) is 17.3. The number of benzene rings is 2. The van der Waals surface area contributed by atoms with Crippen LogP contribution in [0.5, 0.6) is 11.5 Å². The summed E-state index contributed by atoms with van der Waals surface area (Å²) in [5.74, 6) is -3.67. The molecule has 10 nitrogen and oxygen atoms in total. The number of aryl methyl sites for hydroxylation is 2. The zero-order chi connectivity index (χ0) is 34.0. The maximum atomic E-state index is 14.9. The molecule has 2 saturated heterocycles. The van der Waals surface area contributed by atoms with Crippen LogP contribution in [0.25, 0.3) is 20.7 Å². The third-order valence-corrected chi connectivity index (χ3v) is 12.8. The van der Waals surface area contributed by atoms with Gasteiger partial charge < -0.3 is 9.84 Å². The summed E-state index contributed by atoms with van der Waals surface area (Å²) >= 11 is 7.85. The number of allylic oxidation sites excluding steroid dienone is 2. The van der Waals surface area contributed by atoms with Crippen molar-refractivity contribution in [3.05, 3.63) is 70.3 Å². The second-order valence-corrected chi connectivity index (χ2v) is 15.0. The molecule has 4 amide bonds. The van der Waals surface area contributed by atoms with Crippen molar-refractivity contribution in [3.63, 3.8) is 0 Å². The number of rotatable bonds is 4. The van der Waals surface area contributed by atoms with Gasteiger partial charge in [0.1, 0.15) is 11.5 Å². The lowest BCUT2D eigenvalue weighted by atomic mass is 9.51. The Hall–Kier alpha value is -4.48. The van der Waals surface area contributed by atoms with Gasteiger partial charge in [0.05, 0.1) is 35.2 Å². The summed E-state index contributed by atoms with van der Waals surface area (Å²) in [6, 6.07) is 12.5. The quantitative estimate of drug-likeness (QED) is 0.212. The number of anilines is 1. The average Bonchev–Trinajstić information content (AvgIpc) is 3.72. The van der Waals surface area contributed by atoms with E-state index in [9.17, 15) is 24.3 Å². The minimum absolute atomic E-state index is 0.0942. The molecule has 1 N–H and O–H groups in total. The highest BCUT2D eigenvalue weighted by Gasteiger charge is 2.67. The second-order valence-electron chi connectivity index (χ2n) is 13.5. The van der Waals surface area contributed by atoms with Crippen LogP contribution in [0.15, 0.2) is 54.1 Å². The van der Waals surface area contributed by atoms with Gasteiger partial charge in [0.25, 0.3) is 0 Å². The molecule has 4 heterocycles. The number of amides is 4. The summed E-state index contributed by atoms with van der Waals surface area (Å²) in [6.07, 6.45) is 2.60. The predicted molar refractivity (Wildman–Crippen MR) is 181 cm³/mol. The fourth-order valence-corrected chi connectivity index (χ4v) is 10.2. The lowest BCUT2D eigenvalue weighted by Gasteiger charge is -2.49. The minimum atomic E-state index is -1.25. The molecule has 4 aromatic rings. The topological polar surface area (TPSA) is 122 Å². The van der Waals surface area contributed by atoms with E-state index in [0.717, 1.165) is 26.1 Å². The normalized spacial score (nSPS) is 28.2. The molecule has 0 spiro atoms. The monoisotopic (exact) mass is 684 g/mol. The summed E-state index contributed by atoms with van der Waals surface area (Å²) in [5.41, 5.74) is 1.88. The van der Waals surface area contributed by atoms with Crippen LogP contribution >= 0.6 is 22.9 Å². The number of fused-ring (bicyclic) bond motifs is 5. The highest BCUT2D eigenvalue weighted by molar-refractivity contribution is 7.22. The number of likely N-dealkylation sites (tertiary alicyclic amines) is 1. The fraction of sp³-hybridized carbons (Fsp3) is 0.361. The van der Waals surface area contributed by atoms with Gasteiger partial charge in [-0.05, 0) is 79.5 Å². The zero-order valence-electron chi connectivity index (χ0n) is 27.0. The van der Waals surface area contributed by atoms with E-state index in [-0.39, 0.29) is 41.5 Å². The van der Waals surface area contributed by atoms with Crippen molar-refractivity contribution >= 4 is 62.5 Å². The van der Waals surface area contributed by atoms with Crippen molar-refractivity contribution in [1.29, 1.82) is 0 Å². The van der Waals surface area contributed by atoms with Gasteiger partial charge in [-0.3, -0.25) is 28.8 Å². The summed E-state index contributed by atoms with van der Waals surface area (Å²) in [6.45, 7) is 3.82. The molecule has 1 saturated carbocycles. The molecule has 8 rings (SSSR count). The maximum Gasteiger partial charge on any atom is 0.242 e. The number of halogens is 1. The lowest BCUT2D eigenvalue weighted by Crippen LogP contribution is -2.48. The first-order chi connectivity index (χ1) is 22.9. The number of carbonyl (C=O) groups excluding carboxylic acids is 4. The van der Waals surface area contributed by atoms with Crippen molar-refractivity contribution in [1.82, 2.24) is 14.7 Å². The molecule has 2 aliphatic carbocycles. The number of ether oxygens (including phenoxy) is 1. The SMILES string of the molecule is COc1ccc([C@H]2C3=CC[C@@H]4C(=O)N(C)C(=O)[C@@H]4[C@@H]3C[C@H]3C(=O)N(c4cc(-c5sc6ccc(Cl)cc6c5C)nn4C)C(=O)[C@@]23C)cc1O. The Morgan fingerprint density at radius 3 is 2.52 bits per heavy atom. The smallest absolute Gasteiger partial charge is 0.242 e. The highest BCUT2D eigenvalue weighted by atomic mass is 35.5. The number of aromatic hydroxyl groups is 1. The van der Waals surface area contributed by atoms with Crippen LogP contribution in [-0.2, 0) is 26.2 Å². The van der Waals surface area contributed by atoms with Crippen molar-refractivity contribution in [2.45, 2.75) is 32.6 Å². The number of imide groups is 2. The van der Waals surface area contributed by atoms with E-state index in [0.29, 0.717) is 28.5 Å². The van der Waals surface area contributed by atoms with E-state index in [4.69, 9.17) is 21.4 Å². The van der Waals surface area contributed by atoms with Crippen molar-refractivity contribution < 1.29 is 29.0 Å². The average molecular weight is 685 g/mol. The molecule has 2 aromatic carbocycles. The molecular formula is C36H33ClN4O6S. The molecule has 246 valence electrons. The van der Waals surface area contributed by atoms with Gasteiger partial charge in [0.2, 0.25) is 23.6 Å². The maximum absolute atomic E-state index is 14.9. The Labute approximate surface area is 285 Å². The predicted octanol–water partition coefficient (Wildman–Crippen LogP) is 5.84. The molecule has 4 aliphatic rings. The summed E-state index contributed by atoms with van der Waals surface area (Å²) in [4.78, 5) is 59.5. The first kappa shape index (κ1) is 30.8. The number of nitrogens with zero attached hydrogens (tertiary/aromatic N) is 4. The van der Waals surface area contributed by atoms with Crippen molar-refractivity contribution in [3.8, 4) is 22.1 Å². The van der Waals surface area contributed by atoms with E-state index >= 15 is 0 Å². The largest absolute Gasteiger partial charge is 0.504 e. The number of carbonyl (C=O) groups is 4. The van der Waals surface area contributed by atoms with Crippen LogP contribution in [0.1, 0.15) is 36.8 Å². The molecule has 2 aliphatic heterocycles. The van der Waals surface area contributed by atoms with Crippen molar-refractivity contribution in [2.75, 3.05) is 19.1 Å². The Bertz CT molecular complexity index is 2150. The molecule has 0 unspecified atom stereocenters. The Morgan fingerprint density at radius 1 is 1.02 bits per heavy atom. The third-order valence-electron chi connectivity index (χ3n) is 11.2. The Kier molecular flexibility index (Phi) is 6.75. The van der Waals surface area contributed by atoms with Crippen LogP contribution in [0.4, 0.5) is 5.82 Å². The van der Waals surface area contributed by atoms with Gasteiger partial charge in [0, 0.05) is 35.8 Å². The number of thiophene rings is 1. The summed E-state index contributed by atoms with van der Waals surface area (Å²) < 4.78 is 7.92. The lowest BCUT2D eigenvalue weighted by molar-refractivity contribution is -0.138. The number of aromatic nitrogens is 2. The molecule has 0 radical (unpaired) electrons. The van der Waals surface area contributed by atoms with E-state index in [1.165, 1.54) is 24.0 Å². The minimum Gasteiger partial charge on any atom is -0.504 e. The van der Waals surface area contributed by atoms with Crippen LogP contribution in [-0.4, -0.2) is 57.6 Å². The Balaban J connectivity index is 1.26. The molecule has 2 aromatic heterocycles. The Morgan fingerprint density at radius 2 is 1.79 bits per heavy atom. The van der Waals surface area contributed by atoms with Crippen LogP contribution < -0.4 is 9.64 Å². The van der Waals surface area contributed by atoms with Crippen LogP contribution in [0.2, 0.25) is 5.02 Å². The van der Waals surface area contributed by atoms with E-state index < -0.39 is 35.0 Å². The van der Waals surface area contributed by atoms with E-state index in [1.54, 1.807) is 47.3 Å². The number of methoxy groups -OCH3 is 1. The standard InChI is InChI=1S/C36H33ClN4O6S/c1-16-21-13-18(37)7-11-27(21)48-31(16)24-15-28(40(4)38-24)41-33(44)23-14-22-19(8-9-20-29(22)34(45)39(3)32(20)43)30(36(23,2)35(41)46)17-6-10-26(47-5)25(42)12-17/h6-8,10-13,15,20,22-23,29-30,42H,9,14H2,1-5H3/t20-,22+,23-,29-,30-,36+/m0/s1. The number of hydrogen-bond acceptors (Lipinski definition) is 8. The second kappa shape index (κ2) is 10.5. The van der Waals surface area contributed by atoms with Crippen molar-refractivity contribution in [2.24, 2.45) is 36.1 Å². The van der Waals surface area contributed by atoms with Gasteiger partial charge in [-0.25, -0.2) is 4.90 Å². The fourth-order valence-electron chi connectivity index (χ4n) is 8.87. The van der Waals surface area contributed by atoms with Crippen LogP contribution in [0, 0.1) is 36.0 Å². The summed E-state index contributed by atoms with van der Waals surface area (Å²) in [7, 11) is 4.68. The van der Waals surface area contributed by atoms with E-state index in [1.807, 2.05) is 38.1 Å². The number of hydrogen-bond donors (Lipinski definition) is 1. The molecule has 48 heavy (non-hydrogen) atoms. The van der Waals surface area contributed by atoms with Gasteiger partial charge >= 0.3 is 0 Å². The molecule has 3 fully saturated rings. The molecular weight excluding hydrogens is 652 g/mol. The third kappa shape index (κ3) is 4.00. The van der Waals surface area contributed by atoms with Gasteiger partial charge in [-0.2, -0.15) is 5.10 Å².